The van der Waals surface area contributed by atoms with Crippen molar-refractivity contribution in [1.82, 2.24) is 0 Å². The van der Waals surface area contributed by atoms with Crippen molar-refractivity contribution in [3.8, 4) is 0 Å². The van der Waals surface area contributed by atoms with E-state index >= 15 is 0 Å². The molecule has 0 radical (unpaired) electrons. The van der Waals surface area contributed by atoms with Crippen LogP contribution in [0.15, 0.2) is 23.8 Å². The van der Waals surface area contributed by atoms with Crippen molar-refractivity contribution in [3.05, 3.63) is 23.8 Å². The highest BCUT2D eigenvalue weighted by molar-refractivity contribution is 5.69. The van der Waals surface area contributed by atoms with Gasteiger partial charge in [0.05, 0.1) is 5.60 Å². The second kappa shape index (κ2) is 18.9. The molecule has 8 atom stereocenters. The van der Waals surface area contributed by atoms with Gasteiger partial charge in [-0.25, -0.2) is 0 Å². The molecule has 3 fully saturated rings. The number of rotatable bonds is 21. The molecule has 276 valence electrons. The van der Waals surface area contributed by atoms with Gasteiger partial charge in [0.15, 0.2) is 0 Å². The molecule has 0 aromatic rings. The Morgan fingerprint density at radius 2 is 1.56 bits per heavy atom. The third kappa shape index (κ3) is 11.0. The van der Waals surface area contributed by atoms with E-state index in [2.05, 4.69) is 45.9 Å². The number of hydrogen-bond donors (Lipinski definition) is 1. The molecular formula is C45H78O3. The zero-order chi connectivity index (χ0) is 34.6. The highest BCUT2D eigenvalue weighted by Crippen LogP contribution is 2.67. The van der Waals surface area contributed by atoms with Crippen LogP contribution in [0.3, 0.4) is 0 Å². The summed E-state index contributed by atoms with van der Waals surface area (Å²) in [5.41, 5.74) is 1.86. The van der Waals surface area contributed by atoms with E-state index < -0.39 is 5.60 Å². The topological polar surface area (TPSA) is 46.5 Å². The highest BCUT2D eigenvalue weighted by atomic mass is 16.5. The molecule has 0 heterocycles. The van der Waals surface area contributed by atoms with Crippen molar-refractivity contribution >= 4 is 5.97 Å². The van der Waals surface area contributed by atoms with Gasteiger partial charge >= 0.3 is 5.97 Å². The minimum absolute atomic E-state index is 0.0395. The van der Waals surface area contributed by atoms with Crippen molar-refractivity contribution in [2.45, 2.75) is 214 Å². The zero-order valence-corrected chi connectivity index (χ0v) is 32.6. The van der Waals surface area contributed by atoms with Crippen LogP contribution in [0.5, 0.6) is 0 Å². The zero-order valence-electron chi connectivity index (χ0n) is 32.6. The van der Waals surface area contributed by atoms with Crippen LogP contribution in [0.4, 0.5) is 0 Å². The predicted molar refractivity (Wildman–Crippen MR) is 204 cm³/mol. The maximum atomic E-state index is 12.8. The van der Waals surface area contributed by atoms with Gasteiger partial charge < -0.3 is 9.84 Å². The number of esters is 1. The van der Waals surface area contributed by atoms with E-state index in [0.717, 1.165) is 68.1 Å². The highest BCUT2D eigenvalue weighted by Gasteiger charge is 2.59. The number of fused-ring (bicyclic) bond motifs is 5. The van der Waals surface area contributed by atoms with Crippen LogP contribution in [-0.4, -0.2) is 22.8 Å². The average molecular weight is 667 g/mol. The van der Waals surface area contributed by atoms with Crippen molar-refractivity contribution in [2.75, 3.05) is 0 Å². The monoisotopic (exact) mass is 667 g/mol. The van der Waals surface area contributed by atoms with Gasteiger partial charge in [0, 0.05) is 12.8 Å². The van der Waals surface area contributed by atoms with E-state index in [1.165, 1.54) is 116 Å². The number of carbonyl (C=O) groups excluding carboxylic acids is 1. The summed E-state index contributed by atoms with van der Waals surface area (Å²) in [6.07, 6.45) is 38.0. The molecule has 0 aromatic heterocycles. The predicted octanol–water partition coefficient (Wildman–Crippen LogP) is 13.1. The quantitative estimate of drug-likeness (QED) is 0.0753. The lowest BCUT2D eigenvalue weighted by molar-refractivity contribution is -0.151. The Morgan fingerprint density at radius 3 is 2.25 bits per heavy atom. The maximum Gasteiger partial charge on any atom is 0.306 e. The number of hydrogen-bond acceptors (Lipinski definition) is 3. The third-order valence-electron chi connectivity index (χ3n) is 14.2. The summed E-state index contributed by atoms with van der Waals surface area (Å²) in [5.74, 6) is 4.10. The first-order valence-electron chi connectivity index (χ1n) is 21.2. The summed E-state index contributed by atoms with van der Waals surface area (Å²) < 4.78 is 6.11. The van der Waals surface area contributed by atoms with Gasteiger partial charge in [-0.1, -0.05) is 116 Å². The molecule has 1 N–H and O–H groups in total. The van der Waals surface area contributed by atoms with E-state index in [9.17, 15) is 9.90 Å². The van der Waals surface area contributed by atoms with Crippen LogP contribution in [0.25, 0.3) is 0 Å². The molecule has 0 saturated heterocycles. The molecule has 3 nitrogen and oxygen atoms in total. The van der Waals surface area contributed by atoms with Crippen molar-refractivity contribution in [3.63, 3.8) is 0 Å². The van der Waals surface area contributed by atoms with Crippen LogP contribution in [0.2, 0.25) is 0 Å². The van der Waals surface area contributed by atoms with Crippen molar-refractivity contribution in [1.29, 1.82) is 0 Å². The summed E-state index contributed by atoms with van der Waals surface area (Å²) in [7, 11) is 0. The van der Waals surface area contributed by atoms with Crippen molar-refractivity contribution < 1.29 is 14.6 Å². The second-order valence-corrected chi connectivity index (χ2v) is 18.4. The maximum absolute atomic E-state index is 12.8. The lowest BCUT2D eigenvalue weighted by Crippen LogP contribution is -2.51. The van der Waals surface area contributed by atoms with E-state index in [4.69, 9.17) is 4.74 Å². The fourth-order valence-electron chi connectivity index (χ4n) is 11.3. The van der Waals surface area contributed by atoms with Gasteiger partial charge in [0.25, 0.3) is 0 Å². The van der Waals surface area contributed by atoms with Crippen LogP contribution >= 0.6 is 0 Å². The largest absolute Gasteiger partial charge is 0.462 e. The van der Waals surface area contributed by atoms with E-state index in [1.807, 2.05) is 13.8 Å². The van der Waals surface area contributed by atoms with Gasteiger partial charge in [-0.15, -0.1) is 0 Å². The average Bonchev–Trinajstić information content (AvgIpc) is 3.40. The van der Waals surface area contributed by atoms with Gasteiger partial charge in [-0.3, -0.25) is 4.79 Å². The van der Waals surface area contributed by atoms with E-state index in [0.29, 0.717) is 17.3 Å². The third-order valence-corrected chi connectivity index (χ3v) is 14.2. The van der Waals surface area contributed by atoms with Gasteiger partial charge in [0.1, 0.15) is 6.10 Å². The first kappa shape index (κ1) is 39.7. The molecule has 0 amide bonds. The molecule has 0 spiro atoms. The SMILES string of the molecule is CCCCCCCCC=CCCCCCCCC(=O)OC1CC[C@@]2(C)C(=CCC3C2CC[C@@]2(C)C3CC[C@@H]2[C@H](C)CCCC(C)(C)O)C1. The van der Waals surface area contributed by atoms with Gasteiger partial charge in [-0.2, -0.15) is 0 Å². The standard InChI is InChI=1S/C45H78O3/c1-7-8-9-10-11-12-13-14-15-16-17-18-19-20-21-24-42(46)48-37-29-32-44(5)36(34-37)25-26-38-40-28-27-39(45(40,6)33-30-41(38)44)35(2)23-22-31-43(3,4)47/h14-15,25,35,37-41,47H,7-13,16-24,26-34H2,1-6H3/t35-,37?,38?,39-,40?,41?,44+,45-/m1/s1. The minimum atomic E-state index is -0.539. The summed E-state index contributed by atoms with van der Waals surface area (Å²) in [4.78, 5) is 12.8. The number of allylic oxidation sites excluding steroid dienone is 3. The summed E-state index contributed by atoms with van der Waals surface area (Å²) in [6.45, 7) is 13.9. The number of unbranched alkanes of at least 4 members (excludes halogenated alkanes) is 11. The Kier molecular flexibility index (Phi) is 15.7. The van der Waals surface area contributed by atoms with Crippen molar-refractivity contribution in [2.24, 2.45) is 40.4 Å². The Morgan fingerprint density at radius 1 is 0.896 bits per heavy atom. The molecule has 48 heavy (non-hydrogen) atoms. The summed E-state index contributed by atoms with van der Waals surface area (Å²) in [5, 5.41) is 10.2. The molecule has 0 aromatic carbocycles. The lowest BCUT2D eigenvalue weighted by atomic mass is 9.47. The van der Waals surface area contributed by atoms with Gasteiger partial charge in [-0.05, 0) is 138 Å². The number of aliphatic hydroxyl groups is 1. The fraction of sp³-hybridized carbons (Fsp3) is 0.889. The number of carbonyl (C=O) groups is 1. The normalized spacial score (nSPS) is 32.4. The fourth-order valence-corrected chi connectivity index (χ4v) is 11.3. The molecule has 3 saturated carbocycles. The molecule has 4 rings (SSSR count). The second-order valence-electron chi connectivity index (χ2n) is 18.4. The number of ether oxygens (including phenoxy) is 1. The van der Waals surface area contributed by atoms with Crippen LogP contribution in [-0.2, 0) is 9.53 Å². The minimum Gasteiger partial charge on any atom is -0.462 e. The summed E-state index contributed by atoms with van der Waals surface area (Å²) >= 11 is 0. The summed E-state index contributed by atoms with van der Waals surface area (Å²) in [6, 6.07) is 0. The Hall–Kier alpha value is -1.09. The van der Waals surface area contributed by atoms with E-state index in [-0.39, 0.29) is 12.1 Å². The van der Waals surface area contributed by atoms with E-state index in [1.54, 1.807) is 5.57 Å². The van der Waals surface area contributed by atoms with Crippen LogP contribution in [0.1, 0.15) is 202 Å². The molecule has 4 aliphatic rings. The Balaban J connectivity index is 1.12. The Labute approximate surface area is 297 Å². The van der Waals surface area contributed by atoms with Crippen LogP contribution < -0.4 is 0 Å². The van der Waals surface area contributed by atoms with Crippen LogP contribution in [0, 0.1) is 40.4 Å². The van der Waals surface area contributed by atoms with Gasteiger partial charge in [0.2, 0.25) is 0 Å². The molecule has 3 heteroatoms. The molecule has 4 aliphatic carbocycles. The molecule has 0 bridgehead atoms. The molecular weight excluding hydrogens is 588 g/mol. The molecule has 0 aliphatic heterocycles. The Bertz CT molecular complexity index is 1020. The first-order chi connectivity index (χ1) is 23.0. The smallest absolute Gasteiger partial charge is 0.306 e. The lowest BCUT2D eigenvalue weighted by Gasteiger charge is -2.58. The first-order valence-corrected chi connectivity index (χ1v) is 21.2. The molecule has 4 unspecified atom stereocenters.